The maximum absolute atomic E-state index is 12.1. The summed E-state index contributed by atoms with van der Waals surface area (Å²) in [5, 5.41) is 0.558. The molecule has 0 aliphatic carbocycles. The molecule has 2 rings (SSSR count). The highest BCUT2D eigenvalue weighted by atomic mass is 32.2. The van der Waals surface area contributed by atoms with Crippen molar-refractivity contribution in [2.24, 2.45) is 5.92 Å². The predicted molar refractivity (Wildman–Crippen MR) is 88.4 cm³/mol. The van der Waals surface area contributed by atoms with Crippen LogP contribution in [0.3, 0.4) is 0 Å². The van der Waals surface area contributed by atoms with E-state index >= 15 is 0 Å². The zero-order valence-corrected chi connectivity index (χ0v) is 14.3. The molecule has 7 heteroatoms. The molecule has 0 aromatic heterocycles. The van der Waals surface area contributed by atoms with E-state index in [1.165, 1.54) is 10.4 Å². The van der Waals surface area contributed by atoms with Crippen LogP contribution < -0.4 is 0 Å². The van der Waals surface area contributed by atoms with E-state index in [-0.39, 0.29) is 24.8 Å². The van der Waals surface area contributed by atoms with Crippen LogP contribution in [-0.2, 0) is 19.9 Å². The topological polar surface area (TPSA) is 71.5 Å². The minimum atomic E-state index is -3.56. The van der Waals surface area contributed by atoms with Crippen molar-refractivity contribution in [1.29, 1.82) is 0 Å². The molecular weight excluding hydrogens is 322 g/mol. The lowest BCUT2D eigenvalue weighted by molar-refractivity contribution is 0.313. The van der Waals surface area contributed by atoms with E-state index in [2.05, 4.69) is 0 Å². The smallest absolute Gasteiger partial charge is 0.228 e. The van der Waals surface area contributed by atoms with Gasteiger partial charge in [0.25, 0.3) is 0 Å². The van der Waals surface area contributed by atoms with E-state index in [0.29, 0.717) is 0 Å². The summed E-state index contributed by atoms with van der Waals surface area (Å²) < 4.78 is 49.5. The maximum atomic E-state index is 12.1. The maximum Gasteiger partial charge on any atom is 0.236 e. The van der Waals surface area contributed by atoms with Gasteiger partial charge >= 0.3 is 0 Å². The van der Waals surface area contributed by atoms with E-state index < -0.39 is 25.1 Å². The third-order valence-corrected chi connectivity index (χ3v) is 7.42. The summed E-state index contributed by atoms with van der Waals surface area (Å²) in [7, 11) is -6.77. The second kappa shape index (κ2) is 6.52. The van der Waals surface area contributed by atoms with Crippen molar-refractivity contribution in [3.63, 3.8) is 0 Å². The van der Waals surface area contributed by atoms with Crippen LogP contribution in [0.5, 0.6) is 0 Å². The van der Waals surface area contributed by atoms with Gasteiger partial charge < -0.3 is 0 Å². The van der Waals surface area contributed by atoms with Gasteiger partial charge in [-0.3, -0.25) is 0 Å². The predicted octanol–water partition coefficient (Wildman–Crippen LogP) is 1.74. The molecule has 5 nitrogen and oxygen atoms in total. The first kappa shape index (κ1) is 17.2. The van der Waals surface area contributed by atoms with Crippen molar-refractivity contribution in [2.75, 3.05) is 18.8 Å². The van der Waals surface area contributed by atoms with Crippen LogP contribution in [-0.4, -0.2) is 45.2 Å². The number of benzene rings is 1. The van der Waals surface area contributed by atoms with E-state index in [9.17, 15) is 16.8 Å². The van der Waals surface area contributed by atoms with Gasteiger partial charge in [-0.15, -0.1) is 0 Å². The Balaban J connectivity index is 1.99. The summed E-state index contributed by atoms with van der Waals surface area (Å²) >= 11 is 0. The molecule has 0 bridgehead atoms. The summed E-state index contributed by atoms with van der Waals surface area (Å²) in [5.74, 6) is 0.152. The van der Waals surface area contributed by atoms with Gasteiger partial charge in [0.15, 0.2) is 9.84 Å². The van der Waals surface area contributed by atoms with Crippen LogP contribution in [0.25, 0.3) is 6.08 Å². The second-order valence-electron chi connectivity index (χ2n) is 5.92. The van der Waals surface area contributed by atoms with Gasteiger partial charge in [0.2, 0.25) is 10.0 Å². The van der Waals surface area contributed by atoms with E-state index in [1.807, 2.05) is 32.0 Å². The van der Waals surface area contributed by atoms with Crippen LogP contribution in [0.1, 0.15) is 19.4 Å². The molecule has 0 radical (unpaired) electrons. The van der Waals surface area contributed by atoms with Gasteiger partial charge in [-0.1, -0.05) is 44.2 Å². The number of hydrogen-bond donors (Lipinski definition) is 0. The fourth-order valence-electron chi connectivity index (χ4n) is 2.25. The fourth-order valence-corrected chi connectivity index (χ4v) is 5.73. The average Bonchev–Trinajstić information content (AvgIpc) is 2.33. The van der Waals surface area contributed by atoms with Gasteiger partial charge in [0, 0.05) is 18.5 Å². The summed E-state index contributed by atoms with van der Waals surface area (Å²) in [5.41, 5.74) is 0.788. The van der Waals surface area contributed by atoms with Crippen LogP contribution in [0, 0.1) is 5.92 Å². The molecule has 1 aromatic rings. The Labute approximate surface area is 132 Å². The highest BCUT2D eigenvalue weighted by Crippen LogP contribution is 2.23. The lowest BCUT2D eigenvalue weighted by Crippen LogP contribution is -2.56. The van der Waals surface area contributed by atoms with Crippen LogP contribution >= 0.6 is 0 Å². The number of hydrogen-bond acceptors (Lipinski definition) is 4. The Kier molecular flexibility index (Phi) is 5.09. The van der Waals surface area contributed by atoms with Crippen molar-refractivity contribution < 1.29 is 16.8 Å². The molecule has 22 heavy (non-hydrogen) atoms. The number of nitrogens with zero attached hydrogens (tertiary/aromatic N) is 1. The second-order valence-corrected chi connectivity index (χ2v) is 10.1. The first-order valence-electron chi connectivity index (χ1n) is 7.15. The van der Waals surface area contributed by atoms with Gasteiger partial charge in [-0.2, -0.15) is 4.31 Å². The Morgan fingerprint density at radius 3 is 2.27 bits per heavy atom. The average molecular weight is 343 g/mol. The van der Waals surface area contributed by atoms with E-state index in [0.717, 1.165) is 11.0 Å². The van der Waals surface area contributed by atoms with Gasteiger partial charge in [0.1, 0.15) is 0 Å². The zero-order chi connectivity index (χ0) is 16.4. The molecule has 1 saturated heterocycles. The largest absolute Gasteiger partial charge is 0.236 e. The summed E-state index contributed by atoms with van der Waals surface area (Å²) in [6, 6.07) is 9.11. The van der Waals surface area contributed by atoms with Crippen molar-refractivity contribution >= 4 is 25.9 Å². The fraction of sp³-hybridized carbons (Fsp3) is 0.467. The van der Waals surface area contributed by atoms with E-state index in [4.69, 9.17) is 0 Å². The Morgan fingerprint density at radius 2 is 1.73 bits per heavy atom. The van der Waals surface area contributed by atoms with Crippen LogP contribution in [0.2, 0.25) is 0 Å². The molecule has 0 saturated carbocycles. The standard InChI is InChI=1S/C15H21NO4S2/c1-13(2)12-21(17,18)15-10-16(11-15)22(19,20)9-8-14-6-4-3-5-7-14/h3-9,13,15H,10-12H2,1-2H3. The molecule has 1 aromatic carbocycles. The SMILES string of the molecule is CC(C)CS(=O)(=O)C1CN(S(=O)(=O)C=Cc2ccccc2)C1. The summed E-state index contributed by atoms with van der Waals surface area (Å²) in [4.78, 5) is 0. The molecule has 1 aliphatic heterocycles. The minimum absolute atomic E-state index is 0.0497. The lowest BCUT2D eigenvalue weighted by atomic mass is 10.2. The monoisotopic (exact) mass is 343 g/mol. The lowest BCUT2D eigenvalue weighted by Gasteiger charge is -2.36. The first-order chi connectivity index (χ1) is 10.2. The van der Waals surface area contributed by atoms with Crippen molar-refractivity contribution in [1.82, 2.24) is 4.31 Å². The molecule has 0 N–H and O–H groups in total. The molecule has 122 valence electrons. The third kappa shape index (κ3) is 4.18. The van der Waals surface area contributed by atoms with Crippen molar-refractivity contribution in [3.05, 3.63) is 41.3 Å². The number of rotatable bonds is 6. The van der Waals surface area contributed by atoms with E-state index in [1.54, 1.807) is 12.1 Å². The van der Waals surface area contributed by atoms with Crippen molar-refractivity contribution in [2.45, 2.75) is 19.1 Å². The van der Waals surface area contributed by atoms with Crippen LogP contribution in [0.15, 0.2) is 35.7 Å². The summed E-state index contributed by atoms with van der Waals surface area (Å²) in [6.07, 6.45) is 1.52. The van der Waals surface area contributed by atoms with Crippen LogP contribution in [0.4, 0.5) is 0 Å². The molecule has 1 heterocycles. The third-order valence-electron chi connectivity index (χ3n) is 3.48. The molecule has 0 atom stereocenters. The minimum Gasteiger partial charge on any atom is -0.228 e. The number of sulfone groups is 1. The highest BCUT2D eigenvalue weighted by Gasteiger charge is 2.42. The molecule has 1 aliphatic rings. The molecule has 0 amide bonds. The summed E-state index contributed by atoms with van der Waals surface area (Å²) in [6.45, 7) is 3.79. The van der Waals surface area contributed by atoms with Gasteiger partial charge in [0.05, 0.1) is 11.0 Å². The van der Waals surface area contributed by atoms with Gasteiger partial charge in [-0.25, -0.2) is 16.8 Å². The Bertz CT molecular complexity index is 731. The number of sulfonamides is 1. The Morgan fingerprint density at radius 1 is 1.14 bits per heavy atom. The Hall–Kier alpha value is -1.18. The van der Waals surface area contributed by atoms with Crippen molar-refractivity contribution in [3.8, 4) is 0 Å². The van der Waals surface area contributed by atoms with Gasteiger partial charge in [-0.05, 0) is 17.6 Å². The molecular formula is C15H21NO4S2. The molecule has 0 spiro atoms. The zero-order valence-electron chi connectivity index (χ0n) is 12.7. The highest BCUT2D eigenvalue weighted by molar-refractivity contribution is 7.93. The normalized spacial score (nSPS) is 18.0. The molecule has 1 fully saturated rings. The quantitative estimate of drug-likeness (QED) is 0.789. The molecule has 0 unspecified atom stereocenters. The first-order valence-corrected chi connectivity index (χ1v) is 10.4.